The summed E-state index contributed by atoms with van der Waals surface area (Å²) >= 11 is 0. The number of ether oxygens (including phenoxy) is 2. The minimum Gasteiger partial charge on any atom is -0.493 e. The van der Waals surface area contributed by atoms with Crippen LogP contribution in [0.4, 0.5) is 0 Å². The normalized spacial score (nSPS) is 12.1. The van der Waals surface area contributed by atoms with Gasteiger partial charge in [-0.05, 0) is 31.0 Å². The fourth-order valence-corrected chi connectivity index (χ4v) is 1.62. The summed E-state index contributed by atoms with van der Waals surface area (Å²) in [6, 6.07) is 5.00. The van der Waals surface area contributed by atoms with Crippen molar-refractivity contribution in [2.75, 3.05) is 20.3 Å². The fraction of sp³-hybridized carbons (Fsp3) is 0.533. The molecule has 5 heteroatoms. The second-order valence-electron chi connectivity index (χ2n) is 4.82. The Balaban J connectivity index is 2.75. The maximum absolute atomic E-state index is 12.0. The molecule has 1 aromatic carbocycles. The Morgan fingerprint density at radius 2 is 2.05 bits per heavy atom. The van der Waals surface area contributed by atoms with E-state index in [0.717, 1.165) is 0 Å². The molecule has 0 aliphatic carbocycles. The second kappa shape index (κ2) is 7.75. The molecule has 112 valence electrons. The molecule has 0 saturated heterocycles. The number of aliphatic hydroxyl groups is 1. The van der Waals surface area contributed by atoms with Gasteiger partial charge >= 0.3 is 0 Å². The summed E-state index contributed by atoms with van der Waals surface area (Å²) in [6.45, 7) is 6.39. The maximum Gasteiger partial charge on any atom is 0.251 e. The second-order valence-corrected chi connectivity index (χ2v) is 4.82. The van der Waals surface area contributed by atoms with Gasteiger partial charge in [0.1, 0.15) is 0 Å². The van der Waals surface area contributed by atoms with E-state index in [9.17, 15) is 9.90 Å². The van der Waals surface area contributed by atoms with Gasteiger partial charge < -0.3 is 19.9 Å². The summed E-state index contributed by atoms with van der Waals surface area (Å²) in [5.41, 5.74) is 0.477. The lowest BCUT2D eigenvalue weighted by Gasteiger charge is -2.15. The zero-order valence-corrected chi connectivity index (χ0v) is 12.5. The average molecular weight is 281 g/mol. The predicted molar refractivity (Wildman–Crippen MR) is 77.3 cm³/mol. The number of carbonyl (C=O) groups excluding carboxylic acids is 1. The molecule has 0 aromatic heterocycles. The molecule has 5 nitrogen and oxygen atoms in total. The molecule has 1 atom stereocenters. The van der Waals surface area contributed by atoms with Gasteiger partial charge in [0.15, 0.2) is 11.5 Å². The SMILES string of the molecule is CCOc1cc(C(=O)NCC(O)C(C)C)ccc1OC. The average Bonchev–Trinajstić information content (AvgIpc) is 2.44. The van der Waals surface area contributed by atoms with Crippen molar-refractivity contribution in [1.29, 1.82) is 0 Å². The summed E-state index contributed by atoms with van der Waals surface area (Å²) in [5, 5.41) is 12.4. The van der Waals surface area contributed by atoms with Crippen molar-refractivity contribution in [3.63, 3.8) is 0 Å². The van der Waals surface area contributed by atoms with Crippen molar-refractivity contribution in [3.8, 4) is 11.5 Å². The van der Waals surface area contributed by atoms with Crippen LogP contribution in [0.2, 0.25) is 0 Å². The first-order valence-electron chi connectivity index (χ1n) is 6.76. The highest BCUT2D eigenvalue weighted by molar-refractivity contribution is 5.94. The monoisotopic (exact) mass is 281 g/mol. The van der Waals surface area contributed by atoms with Gasteiger partial charge in [-0.15, -0.1) is 0 Å². The largest absolute Gasteiger partial charge is 0.493 e. The zero-order chi connectivity index (χ0) is 15.1. The summed E-state index contributed by atoms with van der Waals surface area (Å²) in [7, 11) is 1.55. The molecule has 1 rings (SSSR count). The zero-order valence-electron chi connectivity index (χ0n) is 12.5. The van der Waals surface area contributed by atoms with Gasteiger partial charge in [-0.25, -0.2) is 0 Å². The standard InChI is InChI=1S/C15H23NO4/c1-5-20-14-8-11(6-7-13(14)19-4)15(18)16-9-12(17)10(2)3/h6-8,10,12,17H,5,9H2,1-4H3,(H,16,18). The van der Waals surface area contributed by atoms with E-state index in [-0.39, 0.29) is 18.4 Å². The third kappa shape index (κ3) is 4.42. The van der Waals surface area contributed by atoms with Gasteiger partial charge in [-0.3, -0.25) is 4.79 Å². The molecule has 1 amide bonds. The lowest BCUT2D eigenvalue weighted by atomic mass is 10.1. The van der Waals surface area contributed by atoms with Crippen LogP contribution >= 0.6 is 0 Å². The van der Waals surface area contributed by atoms with Crippen LogP contribution in [0.1, 0.15) is 31.1 Å². The van der Waals surface area contributed by atoms with Crippen LogP contribution in [-0.4, -0.2) is 37.4 Å². The van der Waals surface area contributed by atoms with Crippen LogP contribution in [0.3, 0.4) is 0 Å². The first-order valence-corrected chi connectivity index (χ1v) is 6.76. The first-order chi connectivity index (χ1) is 9.49. The van der Waals surface area contributed by atoms with Crippen LogP contribution in [0.25, 0.3) is 0 Å². The lowest BCUT2D eigenvalue weighted by Crippen LogP contribution is -2.34. The quantitative estimate of drug-likeness (QED) is 0.800. The minimum absolute atomic E-state index is 0.102. The highest BCUT2D eigenvalue weighted by Gasteiger charge is 2.14. The van der Waals surface area contributed by atoms with Crippen molar-refractivity contribution in [3.05, 3.63) is 23.8 Å². The fourth-order valence-electron chi connectivity index (χ4n) is 1.62. The molecular formula is C15H23NO4. The van der Waals surface area contributed by atoms with Crippen LogP contribution in [0.5, 0.6) is 11.5 Å². The van der Waals surface area contributed by atoms with Gasteiger partial charge in [0.2, 0.25) is 0 Å². The van der Waals surface area contributed by atoms with Crippen LogP contribution in [-0.2, 0) is 0 Å². The smallest absolute Gasteiger partial charge is 0.251 e. The molecule has 0 spiro atoms. The molecule has 0 heterocycles. The Morgan fingerprint density at radius 3 is 2.60 bits per heavy atom. The third-order valence-corrected chi connectivity index (χ3v) is 2.97. The minimum atomic E-state index is -0.552. The number of hydrogen-bond acceptors (Lipinski definition) is 4. The molecule has 0 radical (unpaired) electrons. The Morgan fingerprint density at radius 1 is 1.35 bits per heavy atom. The number of benzene rings is 1. The molecule has 0 fully saturated rings. The molecular weight excluding hydrogens is 258 g/mol. The Labute approximate surface area is 119 Å². The number of carbonyl (C=O) groups is 1. The summed E-state index contributed by atoms with van der Waals surface area (Å²) < 4.78 is 10.6. The van der Waals surface area contributed by atoms with Crippen molar-refractivity contribution in [2.24, 2.45) is 5.92 Å². The number of rotatable bonds is 7. The molecule has 0 aliphatic heterocycles. The van der Waals surface area contributed by atoms with E-state index in [1.54, 1.807) is 25.3 Å². The van der Waals surface area contributed by atoms with E-state index in [4.69, 9.17) is 9.47 Å². The molecule has 0 saturated carbocycles. The molecule has 2 N–H and O–H groups in total. The van der Waals surface area contributed by atoms with Crippen LogP contribution in [0, 0.1) is 5.92 Å². The van der Waals surface area contributed by atoms with E-state index in [1.807, 2.05) is 20.8 Å². The molecule has 20 heavy (non-hydrogen) atoms. The van der Waals surface area contributed by atoms with E-state index < -0.39 is 6.10 Å². The predicted octanol–water partition coefficient (Wildman–Crippen LogP) is 1.84. The van der Waals surface area contributed by atoms with Gasteiger partial charge in [-0.2, -0.15) is 0 Å². The summed E-state index contributed by atoms with van der Waals surface area (Å²) in [6.07, 6.45) is -0.552. The molecule has 1 unspecified atom stereocenters. The van der Waals surface area contributed by atoms with Gasteiger partial charge in [0, 0.05) is 12.1 Å². The summed E-state index contributed by atoms with van der Waals surface area (Å²) in [4.78, 5) is 12.0. The molecule has 0 aliphatic rings. The number of amides is 1. The number of nitrogens with one attached hydrogen (secondary N) is 1. The van der Waals surface area contributed by atoms with Gasteiger partial charge in [0.05, 0.1) is 19.8 Å². The lowest BCUT2D eigenvalue weighted by molar-refractivity contribution is 0.0871. The van der Waals surface area contributed by atoms with Crippen LogP contribution in [0.15, 0.2) is 18.2 Å². The Kier molecular flexibility index (Phi) is 6.31. The number of hydrogen-bond donors (Lipinski definition) is 2. The third-order valence-electron chi connectivity index (χ3n) is 2.97. The van der Waals surface area contributed by atoms with Crippen molar-refractivity contribution in [2.45, 2.75) is 26.9 Å². The van der Waals surface area contributed by atoms with E-state index in [1.165, 1.54) is 0 Å². The first kappa shape index (κ1) is 16.3. The van der Waals surface area contributed by atoms with E-state index in [0.29, 0.717) is 23.7 Å². The van der Waals surface area contributed by atoms with Crippen molar-refractivity contribution in [1.82, 2.24) is 5.32 Å². The van der Waals surface area contributed by atoms with E-state index in [2.05, 4.69) is 5.32 Å². The molecule has 0 bridgehead atoms. The highest BCUT2D eigenvalue weighted by atomic mass is 16.5. The number of aliphatic hydroxyl groups excluding tert-OH is 1. The van der Waals surface area contributed by atoms with Gasteiger partial charge in [-0.1, -0.05) is 13.8 Å². The van der Waals surface area contributed by atoms with Crippen LogP contribution < -0.4 is 14.8 Å². The molecule has 1 aromatic rings. The topological polar surface area (TPSA) is 67.8 Å². The van der Waals surface area contributed by atoms with Crippen molar-refractivity contribution < 1.29 is 19.4 Å². The summed E-state index contributed by atoms with van der Waals surface area (Å²) in [5.74, 6) is 0.983. The number of methoxy groups -OCH3 is 1. The van der Waals surface area contributed by atoms with Crippen molar-refractivity contribution >= 4 is 5.91 Å². The Bertz CT molecular complexity index is 445. The maximum atomic E-state index is 12.0. The Hall–Kier alpha value is -1.75. The van der Waals surface area contributed by atoms with Gasteiger partial charge in [0.25, 0.3) is 5.91 Å². The van der Waals surface area contributed by atoms with E-state index >= 15 is 0 Å². The highest BCUT2D eigenvalue weighted by Crippen LogP contribution is 2.27.